The zero-order valence-corrected chi connectivity index (χ0v) is 43.2. The van der Waals surface area contributed by atoms with E-state index in [0.717, 1.165) is 17.7 Å². The van der Waals surface area contributed by atoms with Crippen molar-refractivity contribution in [1.29, 1.82) is 0 Å². The summed E-state index contributed by atoms with van der Waals surface area (Å²) in [4.78, 5) is 144. The number of carbonyl (C=O) groups is 10. The van der Waals surface area contributed by atoms with Crippen LogP contribution in [0.25, 0.3) is 0 Å². The number of anilines is 2. The maximum absolute atomic E-state index is 14.1. The van der Waals surface area contributed by atoms with Gasteiger partial charge < -0.3 is 50.1 Å². The number of carbonyl (C=O) groups excluding carboxylic acids is 10. The van der Waals surface area contributed by atoms with Crippen LogP contribution in [0.4, 0.5) is 16.2 Å². The van der Waals surface area contributed by atoms with Gasteiger partial charge in [-0.1, -0.05) is 31.0 Å². The first-order chi connectivity index (χ1) is 36.9. The Kier molecular flexibility index (Phi) is 19.4. The zero-order chi connectivity index (χ0) is 55.2. The molecule has 4 heterocycles. The quantitative estimate of drug-likeness (QED) is 0.0325. The van der Waals surface area contributed by atoms with E-state index in [-0.39, 0.29) is 113 Å². The molecule has 1 aromatic heterocycles. The fraction of sp³-hybridized carbons (Fsp3) is 0.491. The van der Waals surface area contributed by atoms with Crippen LogP contribution >= 0.6 is 0 Å². The summed E-state index contributed by atoms with van der Waals surface area (Å²) >= 11 is 0. The van der Waals surface area contributed by atoms with Crippen LogP contribution < -0.4 is 42.8 Å². The third-order valence-corrected chi connectivity index (χ3v) is 13.0. The van der Waals surface area contributed by atoms with Crippen molar-refractivity contribution >= 4 is 70.5 Å². The summed E-state index contributed by atoms with van der Waals surface area (Å²) in [7, 11) is 0. The molecule has 0 radical (unpaired) electrons. The highest BCUT2D eigenvalue weighted by atomic mass is 16.6. The van der Waals surface area contributed by atoms with Gasteiger partial charge in [0.05, 0.1) is 56.8 Å². The van der Waals surface area contributed by atoms with Gasteiger partial charge in [-0.05, 0) is 94.3 Å². The van der Waals surface area contributed by atoms with Crippen molar-refractivity contribution in [3.05, 3.63) is 93.4 Å². The van der Waals surface area contributed by atoms with E-state index in [0.29, 0.717) is 36.3 Å². The van der Waals surface area contributed by atoms with Gasteiger partial charge in [-0.3, -0.25) is 63.5 Å². The van der Waals surface area contributed by atoms with E-state index in [9.17, 15) is 52.7 Å². The summed E-state index contributed by atoms with van der Waals surface area (Å²) in [6, 6.07) is 10.5. The molecule has 1 unspecified atom stereocenters. The molecule has 9 amide bonds. The van der Waals surface area contributed by atoms with Gasteiger partial charge in [0.25, 0.3) is 29.2 Å². The molecule has 4 atom stereocenters. The molecule has 24 nitrogen and oxygen atoms in total. The number of hydrogen-bond donors (Lipinski definition) is 7. The average Bonchev–Trinajstić information content (AvgIpc) is 4.16. The predicted molar refractivity (Wildman–Crippen MR) is 274 cm³/mol. The Hall–Kier alpha value is -7.83. The number of aromatic nitrogens is 1. The Morgan fingerprint density at radius 3 is 2.09 bits per heavy atom. The summed E-state index contributed by atoms with van der Waals surface area (Å²) in [5, 5.41) is 18.5. The number of ether oxygens (including phenoxy) is 4. The second kappa shape index (κ2) is 26.3. The maximum atomic E-state index is 14.1. The molecule has 77 heavy (non-hydrogen) atoms. The van der Waals surface area contributed by atoms with Crippen LogP contribution in [0.1, 0.15) is 108 Å². The summed E-state index contributed by atoms with van der Waals surface area (Å²) in [6.07, 6.45) is 2.82. The lowest BCUT2D eigenvalue weighted by atomic mass is 9.94. The van der Waals surface area contributed by atoms with Crippen LogP contribution in [0, 0.1) is 11.8 Å². The molecular weight excluding hydrogens is 1000 g/mol. The highest BCUT2D eigenvalue weighted by molar-refractivity contribution is 6.38. The van der Waals surface area contributed by atoms with Gasteiger partial charge in [0.1, 0.15) is 23.4 Å². The molecule has 3 aliphatic heterocycles. The van der Waals surface area contributed by atoms with Crippen LogP contribution in [-0.4, -0.2) is 146 Å². The minimum atomic E-state index is -1.40. The molecular formula is C53H65N9O15. The van der Waals surface area contributed by atoms with Crippen molar-refractivity contribution in [2.24, 2.45) is 11.8 Å². The van der Waals surface area contributed by atoms with Crippen molar-refractivity contribution in [2.45, 2.75) is 96.0 Å². The smallest absolute Gasteiger partial charge is 0.412 e. The van der Waals surface area contributed by atoms with E-state index in [1.165, 1.54) is 29.0 Å². The number of benzene rings is 2. The van der Waals surface area contributed by atoms with Crippen LogP contribution in [0.3, 0.4) is 0 Å². The largest absolute Gasteiger partial charge is 0.444 e. The number of imide groups is 2. The first-order valence-electron chi connectivity index (χ1n) is 25.7. The Labute approximate surface area is 443 Å². The number of hydrogen-bond acceptors (Lipinski definition) is 16. The molecule has 0 spiro atoms. The number of piperidine rings is 1. The lowest BCUT2D eigenvalue weighted by Crippen LogP contribution is -2.54. The van der Waals surface area contributed by atoms with Crippen molar-refractivity contribution in [3.63, 3.8) is 0 Å². The molecule has 24 heteroatoms. The molecule has 4 aliphatic rings. The van der Waals surface area contributed by atoms with Crippen LogP contribution in [0.2, 0.25) is 0 Å². The first-order valence-corrected chi connectivity index (χ1v) is 25.7. The molecule has 2 aromatic carbocycles. The lowest BCUT2D eigenvalue weighted by Gasteiger charge is -2.27. The minimum Gasteiger partial charge on any atom is -0.444 e. The van der Waals surface area contributed by atoms with Gasteiger partial charge in [0, 0.05) is 56.0 Å². The van der Waals surface area contributed by atoms with Gasteiger partial charge in [0.15, 0.2) is 0 Å². The van der Waals surface area contributed by atoms with E-state index < -0.39 is 82.5 Å². The minimum absolute atomic E-state index is 0.0294. The molecule has 2 saturated heterocycles. The van der Waals surface area contributed by atoms with Crippen molar-refractivity contribution in [1.82, 2.24) is 36.1 Å². The third kappa shape index (κ3) is 15.6. The summed E-state index contributed by atoms with van der Waals surface area (Å²) in [5.74, 6) is -6.19. The Morgan fingerprint density at radius 1 is 0.740 bits per heavy atom. The summed E-state index contributed by atoms with van der Waals surface area (Å²) in [6.45, 7) is 7.41. The molecule has 1 aliphatic carbocycles. The lowest BCUT2D eigenvalue weighted by molar-refractivity contribution is -0.141. The van der Waals surface area contributed by atoms with E-state index in [1.807, 2.05) is 0 Å². The monoisotopic (exact) mass is 1070 g/mol. The van der Waals surface area contributed by atoms with Gasteiger partial charge in [-0.25, -0.2) is 4.79 Å². The molecule has 3 aromatic rings. The Morgan fingerprint density at radius 2 is 1.43 bits per heavy atom. The topological polar surface area (TPSA) is 317 Å². The van der Waals surface area contributed by atoms with Crippen molar-refractivity contribution < 1.29 is 66.9 Å². The fourth-order valence-corrected chi connectivity index (χ4v) is 8.94. The summed E-state index contributed by atoms with van der Waals surface area (Å²) < 4.78 is 23.2. The van der Waals surface area contributed by atoms with Gasteiger partial charge >= 0.3 is 6.09 Å². The maximum Gasteiger partial charge on any atom is 0.412 e. The normalized spacial score (nSPS) is 17.9. The Bertz CT molecular complexity index is 2790. The number of nitrogens with zero attached hydrogens (tertiary/aromatic N) is 2. The number of Topliss-reactive ketones (excluding diaryl/α,β-unsaturated/α-hetero) is 1. The van der Waals surface area contributed by atoms with E-state index in [2.05, 4.69) is 37.2 Å². The van der Waals surface area contributed by atoms with Gasteiger partial charge in [-0.2, -0.15) is 0 Å². The predicted octanol–water partition coefficient (Wildman–Crippen LogP) is 1.73. The summed E-state index contributed by atoms with van der Waals surface area (Å²) in [5.41, 5.74) is 0.0572. The number of pyridine rings is 1. The van der Waals surface area contributed by atoms with Crippen LogP contribution in [-0.2, 0) is 54.3 Å². The number of nitrogens with one attached hydrogen (secondary N) is 7. The molecule has 3 fully saturated rings. The highest BCUT2D eigenvalue weighted by Crippen LogP contribution is 2.37. The van der Waals surface area contributed by atoms with Gasteiger partial charge in [-0.15, -0.1) is 0 Å². The Balaban J connectivity index is 0.786. The third-order valence-electron chi connectivity index (χ3n) is 13.0. The molecule has 412 valence electrons. The second-order valence-corrected chi connectivity index (χ2v) is 20.0. The molecule has 0 bridgehead atoms. The molecule has 7 N–H and O–H groups in total. The van der Waals surface area contributed by atoms with E-state index >= 15 is 0 Å². The number of ketones is 1. The van der Waals surface area contributed by atoms with Crippen LogP contribution in [0.15, 0.2) is 65.6 Å². The van der Waals surface area contributed by atoms with E-state index in [1.54, 1.807) is 57.2 Å². The SMILES string of the molecule is CC(C)(C)OC(=O)Nc1cccn([C@@H](CC2CC2)C(=O)N[C@@H](C[C@@H]2CCNC2=O)C(=O)C(=O)NCc2ccc(C(=O)NCCOCCOCCOCCNc3cccc4c3C(=O)N(C3CCC(=O)NC3=O)C4=O)cc2)c1=O. The number of fused-ring (bicyclic) bond motifs is 1. The average molecular weight is 1070 g/mol. The first kappa shape index (κ1) is 56.9. The van der Waals surface area contributed by atoms with Crippen molar-refractivity contribution in [2.75, 3.05) is 69.9 Å². The van der Waals surface area contributed by atoms with Crippen molar-refractivity contribution in [3.8, 4) is 0 Å². The fourth-order valence-electron chi connectivity index (χ4n) is 8.94. The molecule has 7 rings (SSSR count). The number of amides is 9. The van der Waals surface area contributed by atoms with Crippen LogP contribution in [0.5, 0.6) is 0 Å². The molecule has 1 saturated carbocycles. The zero-order valence-electron chi connectivity index (χ0n) is 43.2. The number of rotatable bonds is 27. The van der Waals surface area contributed by atoms with E-state index in [4.69, 9.17) is 18.9 Å². The highest BCUT2D eigenvalue weighted by Gasteiger charge is 2.46. The second-order valence-electron chi connectivity index (χ2n) is 20.0. The standard InChI is InChI=1S/C53H65N9O15/c1-53(2,3)77-52(73)59-37-8-5-21-61(50(37)71)40(28-31-9-10-31)47(68)58-38(29-34-17-18-55-45(34)66)43(64)48(69)57-30-32-11-13-33(14-12-32)44(65)56-20-23-75-25-27-76-26-24-74-22-19-54-36-7-4-6-35-42(36)51(72)62(49(35)70)39-15-16-41(63)60-46(39)67/h4-8,11-14,21,31,34,38-40,54H,9-10,15-20,22-30H2,1-3H3,(H,55,66)(H,56,65)(H,57,69)(H,58,68)(H,59,73)(H,60,63,67)/t34-,38-,39?,40-/m0/s1. The van der Waals surface area contributed by atoms with Gasteiger partial charge in [0.2, 0.25) is 29.4 Å².